The molecule has 1 aliphatic carbocycles. The van der Waals surface area contributed by atoms with Crippen LogP contribution in [0.2, 0.25) is 0 Å². The first-order chi connectivity index (χ1) is 9.62. The molecule has 3 fully saturated rings. The molecule has 1 saturated carbocycles. The zero-order valence-electron chi connectivity index (χ0n) is 11.6. The molecule has 2 heterocycles. The Kier molecular flexibility index (Phi) is 3.95. The van der Waals surface area contributed by atoms with Gasteiger partial charge in [-0.05, 0) is 37.8 Å². The normalized spacial score (nSPS) is 32.1. The van der Waals surface area contributed by atoms with Gasteiger partial charge in [0, 0.05) is 24.0 Å². The third kappa shape index (κ3) is 2.68. The fourth-order valence-corrected chi connectivity index (χ4v) is 4.75. The summed E-state index contributed by atoms with van der Waals surface area (Å²) in [6, 6.07) is -0.113. The van der Waals surface area contributed by atoms with Gasteiger partial charge >= 0.3 is 5.97 Å². The maximum Gasteiger partial charge on any atom is 0.305 e. The van der Waals surface area contributed by atoms with Crippen LogP contribution in [0.1, 0.15) is 25.7 Å². The van der Waals surface area contributed by atoms with E-state index in [1.807, 2.05) is 4.90 Å². The number of carboxylic acid groups (broad SMARTS) is 1. The Hall–Kier alpha value is -0.750. The lowest BCUT2D eigenvalue weighted by Crippen LogP contribution is -2.48. The predicted molar refractivity (Wildman–Crippen MR) is 77.7 cm³/mol. The second-order valence-electron chi connectivity index (χ2n) is 6.23. The second kappa shape index (κ2) is 5.56. The molecule has 112 valence electrons. The van der Waals surface area contributed by atoms with Crippen molar-refractivity contribution < 1.29 is 14.7 Å². The largest absolute Gasteiger partial charge is 0.481 e. The van der Waals surface area contributed by atoms with Crippen molar-refractivity contribution in [1.82, 2.24) is 10.2 Å². The minimum atomic E-state index is -0.803. The number of carbonyl (C=O) groups excluding carboxylic acids is 1. The number of thioether (sulfide) groups is 1. The lowest BCUT2D eigenvalue weighted by molar-refractivity contribution is -0.141. The van der Waals surface area contributed by atoms with Gasteiger partial charge in [-0.3, -0.25) is 9.59 Å². The zero-order chi connectivity index (χ0) is 14.2. The molecule has 20 heavy (non-hydrogen) atoms. The van der Waals surface area contributed by atoms with E-state index >= 15 is 0 Å². The van der Waals surface area contributed by atoms with Crippen LogP contribution in [0.25, 0.3) is 0 Å². The average Bonchev–Trinajstić information content (AvgIpc) is 3.12. The summed E-state index contributed by atoms with van der Waals surface area (Å²) >= 11 is 1.76. The number of carbonyl (C=O) groups is 2. The minimum Gasteiger partial charge on any atom is -0.481 e. The van der Waals surface area contributed by atoms with Crippen LogP contribution >= 0.6 is 11.8 Å². The van der Waals surface area contributed by atoms with Crippen LogP contribution < -0.4 is 5.32 Å². The SMILES string of the molecule is O=C(O)CC1CSCCN1C(=O)C1CC12CCNCC2. The van der Waals surface area contributed by atoms with E-state index in [0.717, 1.165) is 43.9 Å². The van der Waals surface area contributed by atoms with Gasteiger partial charge in [0.2, 0.25) is 5.91 Å². The Balaban J connectivity index is 1.65. The number of piperidine rings is 1. The summed E-state index contributed by atoms with van der Waals surface area (Å²) in [7, 11) is 0. The van der Waals surface area contributed by atoms with E-state index in [0.29, 0.717) is 6.54 Å². The lowest BCUT2D eigenvalue weighted by atomic mass is 9.91. The van der Waals surface area contributed by atoms with Gasteiger partial charge in [0.05, 0.1) is 12.5 Å². The fourth-order valence-electron chi connectivity index (χ4n) is 3.69. The van der Waals surface area contributed by atoms with Gasteiger partial charge < -0.3 is 15.3 Å². The molecular formula is C14H22N2O3S. The molecular weight excluding hydrogens is 276 g/mol. The van der Waals surface area contributed by atoms with Crippen molar-refractivity contribution >= 4 is 23.6 Å². The number of amides is 1. The van der Waals surface area contributed by atoms with Crippen molar-refractivity contribution in [3.05, 3.63) is 0 Å². The summed E-state index contributed by atoms with van der Waals surface area (Å²) in [6.45, 7) is 2.74. The van der Waals surface area contributed by atoms with Gasteiger partial charge in [-0.2, -0.15) is 11.8 Å². The summed E-state index contributed by atoms with van der Waals surface area (Å²) in [4.78, 5) is 25.6. The van der Waals surface area contributed by atoms with Crippen LogP contribution in [0.4, 0.5) is 0 Å². The highest BCUT2D eigenvalue weighted by molar-refractivity contribution is 7.99. The number of carboxylic acids is 1. The van der Waals surface area contributed by atoms with E-state index in [1.165, 1.54) is 0 Å². The van der Waals surface area contributed by atoms with Gasteiger partial charge in [-0.25, -0.2) is 0 Å². The van der Waals surface area contributed by atoms with E-state index in [-0.39, 0.29) is 29.7 Å². The Morgan fingerprint density at radius 1 is 1.35 bits per heavy atom. The number of nitrogens with zero attached hydrogens (tertiary/aromatic N) is 1. The van der Waals surface area contributed by atoms with Crippen LogP contribution in [-0.4, -0.2) is 59.1 Å². The molecule has 2 N–H and O–H groups in total. The molecule has 1 amide bonds. The number of rotatable bonds is 3. The van der Waals surface area contributed by atoms with Crippen LogP contribution in [0.15, 0.2) is 0 Å². The van der Waals surface area contributed by atoms with E-state index in [4.69, 9.17) is 5.11 Å². The monoisotopic (exact) mass is 298 g/mol. The van der Waals surface area contributed by atoms with Crippen molar-refractivity contribution in [2.45, 2.75) is 31.7 Å². The van der Waals surface area contributed by atoms with Crippen molar-refractivity contribution in [3.63, 3.8) is 0 Å². The smallest absolute Gasteiger partial charge is 0.305 e. The Morgan fingerprint density at radius 3 is 2.80 bits per heavy atom. The van der Waals surface area contributed by atoms with Crippen LogP contribution in [0.5, 0.6) is 0 Å². The second-order valence-corrected chi connectivity index (χ2v) is 7.38. The third-order valence-corrected chi connectivity index (χ3v) is 6.10. The fraction of sp³-hybridized carbons (Fsp3) is 0.857. The molecule has 0 bridgehead atoms. The molecule has 0 aromatic heterocycles. The molecule has 0 aromatic carbocycles. The summed E-state index contributed by atoms with van der Waals surface area (Å²) in [6.07, 6.45) is 3.28. The van der Waals surface area contributed by atoms with Crippen LogP contribution in [0, 0.1) is 11.3 Å². The maximum atomic E-state index is 12.7. The Morgan fingerprint density at radius 2 is 2.10 bits per heavy atom. The zero-order valence-corrected chi connectivity index (χ0v) is 12.5. The average molecular weight is 298 g/mol. The summed E-state index contributed by atoms with van der Waals surface area (Å²) in [5.41, 5.74) is 0.237. The van der Waals surface area contributed by atoms with E-state index < -0.39 is 5.97 Å². The highest BCUT2D eigenvalue weighted by Gasteiger charge is 2.59. The number of aliphatic carboxylic acids is 1. The molecule has 3 rings (SSSR count). The first-order valence-corrected chi connectivity index (χ1v) is 8.59. The molecule has 1 spiro atoms. The molecule has 0 radical (unpaired) electrons. The van der Waals surface area contributed by atoms with Crippen LogP contribution in [-0.2, 0) is 9.59 Å². The van der Waals surface area contributed by atoms with E-state index in [2.05, 4.69) is 5.32 Å². The number of hydrogen-bond donors (Lipinski definition) is 2. The Labute approximate surface area is 123 Å². The molecule has 2 aliphatic heterocycles. The lowest BCUT2D eigenvalue weighted by Gasteiger charge is -2.35. The predicted octanol–water partition coefficient (Wildman–Crippen LogP) is 0.795. The number of nitrogens with one attached hydrogen (secondary N) is 1. The van der Waals surface area contributed by atoms with E-state index in [1.54, 1.807) is 11.8 Å². The van der Waals surface area contributed by atoms with Crippen LogP contribution in [0.3, 0.4) is 0 Å². The van der Waals surface area contributed by atoms with Gasteiger partial charge in [-0.1, -0.05) is 0 Å². The topological polar surface area (TPSA) is 69.6 Å². The molecule has 3 aliphatic rings. The highest BCUT2D eigenvalue weighted by atomic mass is 32.2. The standard InChI is InChI=1S/C14H22N2O3S/c17-12(18)7-10-9-20-6-5-16(10)13(19)11-8-14(11)1-3-15-4-2-14/h10-11,15H,1-9H2,(H,17,18). The third-order valence-electron chi connectivity index (χ3n) is 5.01. The molecule has 5 nitrogen and oxygen atoms in total. The maximum absolute atomic E-state index is 12.7. The molecule has 2 atom stereocenters. The molecule has 2 unspecified atom stereocenters. The Bertz CT molecular complexity index is 409. The summed E-state index contributed by atoms with van der Waals surface area (Å²) < 4.78 is 0. The minimum absolute atomic E-state index is 0.0833. The quantitative estimate of drug-likeness (QED) is 0.806. The van der Waals surface area contributed by atoms with Gasteiger partial charge in [-0.15, -0.1) is 0 Å². The first kappa shape index (κ1) is 14.2. The molecule has 2 saturated heterocycles. The molecule has 0 aromatic rings. The first-order valence-electron chi connectivity index (χ1n) is 7.43. The van der Waals surface area contributed by atoms with Gasteiger partial charge in [0.1, 0.15) is 0 Å². The van der Waals surface area contributed by atoms with Gasteiger partial charge in [0.15, 0.2) is 0 Å². The molecule has 6 heteroatoms. The summed E-state index contributed by atoms with van der Waals surface area (Å²) in [5.74, 6) is 1.27. The van der Waals surface area contributed by atoms with Crippen molar-refractivity contribution in [2.75, 3.05) is 31.1 Å². The van der Waals surface area contributed by atoms with Crippen molar-refractivity contribution in [1.29, 1.82) is 0 Å². The number of hydrogen-bond acceptors (Lipinski definition) is 4. The van der Waals surface area contributed by atoms with E-state index in [9.17, 15) is 9.59 Å². The van der Waals surface area contributed by atoms with Crippen molar-refractivity contribution in [2.24, 2.45) is 11.3 Å². The van der Waals surface area contributed by atoms with Crippen molar-refractivity contribution in [3.8, 4) is 0 Å². The highest BCUT2D eigenvalue weighted by Crippen LogP contribution is 2.59. The van der Waals surface area contributed by atoms with Gasteiger partial charge in [0.25, 0.3) is 0 Å². The summed E-state index contributed by atoms with van der Waals surface area (Å²) in [5, 5.41) is 12.4.